The summed E-state index contributed by atoms with van der Waals surface area (Å²) >= 11 is 5.42. The van der Waals surface area contributed by atoms with Crippen LogP contribution in [0.5, 0.6) is 0 Å². The third-order valence-corrected chi connectivity index (χ3v) is 12.0. The summed E-state index contributed by atoms with van der Waals surface area (Å²) in [5.74, 6) is -1.95. The highest BCUT2D eigenvalue weighted by Crippen LogP contribution is 2.68. The van der Waals surface area contributed by atoms with Crippen LogP contribution < -0.4 is 0 Å². The number of halogens is 1. The molecule has 1 spiro atoms. The number of aromatic nitrogens is 3. The monoisotopic (exact) mass is 673 g/mol. The van der Waals surface area contributed by atoms with Crippen molar-refractivity contribution in [3.05, 3.63) is 49.6 Å². The van der Waals surface area contributed by atoms with Crippen molar-refractivity contribution in [2.24, 2.45) is 11.8 Å². The molecule has 4 heterocycles. The number of allylic oxidation sites excluding steroid dienone is 1. The van der Waals surface area contributed by atoms with Crippen LogP contribution in [-0.4, -0.2) is 94.9 Å². The van der Waals surface area contributed by atoms with Crippen molar-refractivity contribution in [2.75, 3.05) is 26.3 Å². The quantitative estimate of drug-likeness (QED) is 0.123. The van der Waals surface area contributed by atoms with Crippen LogP contribution in [0.1, 0.15) is 44.9 Å². The van der Waals surface area contributed by atoms with E-state index in [1.54, 1.807) is 38.4 Å². The molecule has 43 heavy (non-hydrogen) atoms. The minimum atomic E-state index is -0.757. The number of aliphatic hydroxyl groups is 1. The number of nitrogens with zero attached hydrogens (tertiary/aromatic N) is 5. The molecular weight excluding hydrogens is 634 g/mol. The van der Waals surface area contributed by atoms with E-state index >= 15 is 0 Å². The van der Waals surface area contributed by atoms with Crippen molar-refractivity contribution >= 4 is 56.5 Å². The predicted molar refractivity (Wildman–Crippen MR) is 169 cm³/mol. The third kappa shape index (κ3) is 6.02. The molecule has 2 amide bonds. The maximum Gasteiger partial charge on any atom is 0.310 e. The van der Waals surface area contributed by atoms with Crippen molar-refractivity contribution in [2.45, 2.75) is 72.5 Å². The molecule has 6 atom stereocenters. The van der Waals surface area contributed by atoms with Gasteiger partial charge in [-0.3, -0.25) is 14.4 Å². The summed E-state index contributed by atoms with van der Waals surface area (Å²) in [5, 5.41) is 17.6. The first-order valence-electron chi connectivity index (χ1n) is 15.1. The van der Waals surface area contributed by atoms with E-state index in [0.717, 1.165) is 30.3 Å². The van der Waals surface area contributed by atoms with Gasteiger partial charge in [-0.05, 0) is 44.2 Å². The third-order valence-electron chi connectivity index (χ3n) is 8.79. The van der Waals surface area contributed by atoms with Crippen molar-refractivity contribution in [1.29, 1.82) is 0 Å². The van der Waals surface area contributed by atoms with Gasteiger partial charge in [-0.25, -0.2) is 4.68 Å². The van der Waals surface area contributed by atoms with Gasteiger partial charge < -0.3 is 19.6 Å². The van der Waals surface area contributed by atoms with E-state index in [0.29, 0.717) is 32.2 Å². The number of para-hydroxylation sites is 1. The van der Waals surface area contributed by atoms with Gasteiger partial charge in [-0.2, -0.15) is 0 Å². The highest BCUT2D eigenvalue weighted by Gasteiger charge is 2.76. The Morgan fingerprint density at radius 1 is 1.19 bits per heavy atom. The molecule has 3 saturated heterocycles. The zero-order chi connectivity index (χ0) is 30.6. The fourth-order valence-electron chi connectivity index (χ4n) is 6.89. The highest BCUT2D eigenvalue weighted by molar-refractivity contribution is 9.09. The molecule has 3 unspecified atom stereocenters. The summed E-state index contributed by atoms with van der Waals surface area (Å²) in [4.78, 5) is 45.9. The fraction of sp³-hybridized carbons (Fsp3) is 0.581. The number of aliphatic hydroxyl groups excluding tert-OH is 1. The maximum atomic E-state index is 14.7. The molecule has 1 N–H and O–H groups in total. The zero-order valence-electron chi connectivity index (χ0n) is 24.4. The van der Waals surface area contributed by atoms with Gasteiger partial charge in [0.2, 0.25) is 11.8 Å². The molecule has 0 radical (unpaired) electrons. The number of carbonyl (C=O) groups is 3. The molecule has 5 rings (SSSR count). The lowest BCUT2D eigenvalue weighted by Gasteiger charge is -2.37. The molecule has 10 nitrogen and oxygen atoms in total. The molecule has 2 bridgehead atoms. The summed E-state index contributed by atoms with van der Waals surface area (Å²) in [5.41, 5.74) is 1.54. The first-order valence-corrected chi connectivity index (χ1v) is 16.9. The fourth-order valence-corrected chi connectivity index (χ4v) is 10.5. The molecule has 12 heteroatoms. The average Bonchev–Trinajstić information content (AvgIpc) is 3.72. The number of ether oxygens (including phenoxy) is 1. The molecule has 1 aromatic carbocycles. The smallest absolute Gasteiger partial charge is 0.310 e. The van der Waals surface area contributed by atoms with Crippen LogP contribution in [0.3, 0.4) is 0 Å². The lowest BCUT2D eigenvalue weighted by molar-refractivity contribution is -0.154. The second kappa shape index (κ2) is 13.9. The molecule has 3 aliphatic heterocycles. The Balaban J connectivity index is 1.46. The Morgan fingerprint density at radius 2 is 1.98 bits per heavy atom. The normalized spacial score (nSPS) is 27.4. The van der Waals surface area contributed by atoms with Crippen molar-refractivity contribution in [3.8, 4) is 0 Å². The number of fused-ring (bicyclic) bond motifs is 2. The lowest BCUT2D eigenvalue weighted by atomic mass is 9.71. The Labute approximate surface area is 265 Å². The minimum absolute atomic E-state index is 0.0285. The van der Waals surface area contributed by atoms with E-state index in [2.05, 4.69) is 39.4 Å². The van der Waals surface area contributed by atoms with E-state index in [-0.39, 0.29) is 54.3 Å². The number of benzene rings is 1. The second-order valence-electron chi connectivity index (χ2n) is 11.5. The van der Waals surface area contributed by atoms with Crippen molar-refractivity contribution in [3.63, 3.8) is 0 Å². The molecule has 1 aromatic heterocycles. The average molecular weight is 675 g/mol. The minimum Gasteiger partial charge on any atom is -0.465 e. The number of unbranched alkanes of at least 4 members (excludes halogenated alkanes) is 4. The van der Waals surface area contributed by atoms with Gasteiger partial charge in [0, 0.05) is 29.8 Å². The number of carbonyl (C=O) groups excluding carboxylic acids is 3. The predicted octanol–water partition coefficient (Wildman–Crippen LogP) is 3.93. The summed E-state index contributed by atoms with van der Waals surface area (Å²) in [7, 11) is 0. The Morgan fingerprint density at radius 3 is 2.74 bits per heavy atom. The Bertz CT molecular complexity index is 1350. The van der Waals surface area contributed by atoms with Crippen molar-refractivity contribution in [1.82, 2.24) is 24.8 Å². The molecule has 3 aliphatic rings. The van der Waals surface area contributed by atoms with Gasteiger partial charge in [-0.1, -0.05) is 58.3 Å². The van der Waals surface area contributed by atoms with E-state index in [4.69, 9.17) is 4.74 Å². The summed E-state index contributed by atoms with van der Waals surface area (Å²) in [6, 6.07) is 6.83. The van der Waals surface area contributed by atoms with Gasteiger partial charge in [0.15, 0.2) is 0 Å². The number of likely N-dealkylation sites (tertiary alicyclic amines) is 1. The van der Waals surface area contributed by atoms with Crippen molar-refractivity contribution < 1.29 is 24.2 Å². The molecule has 0 aliphatic carbocycles. The van der Waals surface area contributed by atoms with Gasteiger partial charge >= 0.3 is 5.97 Å². The first-order chi connectivity index (χ1) is 20.9. The number of esters is 1. The van der Waals surface area contributed by atoms with E-state index in [1.807, 2.05) is 24.3 Å². The van der Waals surface area contributed by atoms with Gasteiger partial charge in [-0.15, -0.1) is 30.0 Å². The molecule has 232 valence electrons. The summed E-state index contributed by atoms with van der Waals surface area (Å²) in [6.45, 7) is 8.85. The number of hydrogen-bond acceptors (Lipinski definition) is 8. The van der Waals surface area contributed by atoms with Crippen LogP contribution >= 0.6 is 27.7 Å². The van der Waals surface area contributed by atoms with Crippen LogP contribution in [0.4, 0.5) is 0 Å². The molecular formula is C31H40BrN5O5S. The highest BCUT2D eigenvalue weighted by atomic mass is 79.9. The zero-order valence-corrected chi connectivity index (χ0v) is 26.8. The van der Waals surface area contributed by atoms with Gasteiger partial charge in [0.25, 0.3) is 0 Å². The first kappa shape index (κ1) is 31.7. The van der Waals surface area contributed by atoms with Crippen LogP contribution in [0.2, 0.25) is 0 Å². The number of alkyl halides is 1. The molecule has 0 saturated carbocycles. The van der Waals surface area contributed by atoms with Crippen LogP contribution in [0.25, 0.3) is 11.0 Å². The van der Waals surface area contributed by atoms with E-state index in [9.17, 15) is 19.5 Å². The van der Waals surface area contributed by atoms with Gasteiger partial charge in [0.05, 0.1) is 28.7 Å². The van der Waals surface area contributed by atoms with Crippen LogP contribution in [0.15, 0.2) is 49.6 Å². The summed E-state index contributed by atoms with van der Waals surface area (Å²) < 4.78 is 6.63. The topological polar surface area (TPSA) is 118 Å². The second-order valence-corrected chi connectivity index (χ2v) is 14.2. The van der Waals surface area contributed by atoms with E-state index in [1.165, 1.54) is 0 Å². The number of amides is 2. The molecule has 3 fully saturated rings. The Hall–Kier alpha value is -2.70. The van der Waals surface area contributed by atoms with Crippen LogP contribution in [0, 0.1) is 11.8 Å². The van der Waals surface area contributed by atoms with E-state index < -0.39 is 22.6 Å². The largest absolute Gasteiger partial charge is 0.465 e. The summed E-state index contributed by atoms with van der Waals surface area (Å²) in [6.07, 6.45) is 8.56. The van der Waals surface area contributed by atoms with Gasteiger partial charge in [0.1, 0.15) is 18.2 Å². The standard InChI is InChI=1S/C31H40BrN5O5S/c1-3-5-12-18-42-30(41)24-25-28(39)36(16-10-6-7-11-17-38)27(31(25)19-21(32)26(24)43-31)29(40)35(15-4-2)20-37-23-14-9-8-13-22(23)33-34-37/h3-4,8-9,13-14,21,24-27,38H,1-2,5-7,10-12,15-20H2/t21?,24-,25-,26-,27?,31?/m0/s1. The number of hydrogen-bond donors (Lipinski definition) is 1. The molecule has 2 aromatic rings. The lowest BCUT2D eigenvalue weighted by Crippen LogP contribution is -2.55. The number of rotatable bonds is 16. The SMILES string of the molecule is C=CCCCOC(=O)[C@H]1[C@H]2C(=O)N(CCCCCCO)C(C(=O)N(CC=C)Cn3nnc4ccccc43)C23CC(Br)[C@@H]1S3. The maximum absolute atomic E-state index is 14.7. The van der Waals surface area contributed by atoms with Crippen LogP contribution in [-0.2, 0) is 25.8 Å². The number of thioether (sulfide) groups is 1. The Kier molecular flexibility index (Phi) is 10.3.